The summed E-state index contributed by atoms with van der Waals surface area (Å²) in [5, 5.41) is 6.48. The molecule has 116 valence electrons. The van der Waals surface area contributed by atoms with Crippen molar-refractivity contribution < 1.29 is 4.79 Å². The van der Waals surface area contributed by atoms with E-state index in [0.717, 1.165) is 17.5 Å². The summed E-state index contributed by atoms with van der Waals surface area (Å²) >= 11 is 0. The summed E-state index contributed by atoms with van der Waals surface area (Å²) in [5.41, 5.74) is 2.06. The monoisotopic (exact) mass is 288 g/mol. The van der Waals surface area contributed by atoms with Crippen LogP contribution < -0.4 is 10.6 Å². The molecule has 21 heavy (non-hydrogen) atoms. The van der Waals surface area contributed by atoms with E-state index in [0.29, 0.717) is 6.04 Å². The molecule has 1 amide bonds. The molecule has 0 saturated heterocycles. The van der Waals surface area contributed by atoms with Crippen LogP contribution in [0.3, 0.4) is 0 Å². The van der Waals surface area contributed by atoms with Gasteiger partial charge in [0.05, 0.1) is 6.04 Å². The second-order valence-corrected chi connectivity index (χ2v) is 6.86. The fourth-order valence-corrected chi connectivity index (χ4v) is 3.40. The summed E-state index contributed by atoms with van der Waals surface area (Å²) in [7, 11) is 0. The van der Waals surface area contributed by atoms with Gasteiger partial charge in [0.1, 0.15) is 0 Å². The van der Waals surface area contributed by atoms with Gasteiger partial charge in [0.2, 0.25) is 5.91 Å². The minimum atomic E-state index is -0.159. The zero-order valence-corrected chi connectivity index (χ0v) is 13.6. The summed E-state index contributed by atoms with van der Waals surface area (Å²) in [6.07, 6.45) is 3.65. The number of anilines is 1. The van der Waals surface area contributed by atoms with Crippen molar-refractivity contribution in [1.82, 2.24) is 5.32 Å². The predicted molar refractivity (Wildman–Crippen MR) is 88.4 cm³/mol. The van der Waals surface area contributed by atoms with Crippen molar-refractivity contribution in [1.29, 1.82) is 0 Å². The Bertz CT molecular complexity index is 459. The van der Waals surface area contributed by atoms with Crippen molar-refractivity contribution in [3.8, 4) is 0 Å². The normalized spacial score (nSPS) is 27.1. The molecule has 3 unspecified atom stereocenters. The molecule has 0 spiro atoms. The molecule has 1 aromatic rings. The lowest BCUT2D eigenvalue weighted by Gasteiger charge is -2.33. The van der Waals surface area contributed by atoms with Crippen molar-refractivity contribution in [3.05, 3.63) is 29.8 Å². The Morgan fingerprint density at radius 1 is 1.10 bits per heavy atom. The van der Waals surface area contributed by atoms with E-state index in [-0.39, 0.29) is 11.9 Å². The van der Waals surface area contributed by atoms with Crippen LogP contribution in [0.15, 0.2) is 24.3 Å². The Kier molecular flexibility index (Phi) is 5.40. The number of rotatable bonds is 4. The summed E-state index contributed by atoms with van der Waals surface area (Å²) < 4.78 is 0. The fourth-order valence-electron chi connectivity index (χ4n) is 3.40. The van der Waals surface area contributed by atoms with Crippen LogP contribution in [-0.4, -0.2) is 18.0 Å². The van der Waals surface area contributed by atoms with Crippen LogP contribution in [-0.2, 0) is 4.79 Å². The highest BCUT2D eigenvalue weighted by Gasteiger charge is 2.26. The van der Waals surface area contributed by atoms with Crippen LogP contribution in [0, 0.1) is 18.8 Å². The maximum Gasteiger partial charge on any atom is 0.241 e. The minimum absolute atomic E-state index is 0.0460. The predicted octanol–water partition coefficient (Wildman–Crippen LogP) is 3.74. The molecule has 1 saturated carbocycles. The number of amides is 1. The Labute approximate surface area is 128 Å². The number of nitrogens with one attached hydrogen (secondary N) is 2. The molecule has 2 rings (SSSR count). The van der Waals surface area contributed by atoms with Crippen LogP contribution in [0.25, 0.3) is 0 Å². The molecule has 3 heteroatoms. The molecule has 1 aromatic carbocycles. The van der Waals surface area contributed by atoms with Gasteiger partial charge in [-0.05, 0) is 57.1 Å². The van der Waals surface area contributed by atoms with E-state index in [1.807, 2.05) is 38.1 Å². The molecule has 1 aliphatic rings. The number of aryl methyl sites for hydroxylation is 1. The van der Waals surface area contributed by atoms with Crippen molar-refractivity contribution in [2.45, 2.75) is 59.0 Å². The Morgan fingerprint density at radius 2 is 1.67 bits per heavy atom. The molecule has 1 aliphatic carbocycles. The Balaban J connectivity index is 1.86. The van der Waals surface area contributed by atoms with Gasteiger partial charge in [0.15, 0.2) is 0 Å². The lowest BCUT2D eigenvalue weighted by Crippen LogP contribution is -2.46. The number of carbonyl (C=O) groups excluding carboxylic acids is 1. The second kappa shape index (κ2) is 7.08. The summed E-state index contributed by atoms with van der Waals surface area (Å²) in [6.45, 7) is 8.61. The van der Waals surface area contributed by atoms with Crippen LogP contribution in [0.5, 0.6) is 0 Å². The third-order valence-electron chi connectivity index (χ3n) is 4.38. The minimum Gasteiger partial charge on any atom is -0.325 e. The van der Waals surface area contributed by atoms with Gasteiger partial charge in [-0.1, -0.05) is 31.5 Å². The van der Waals surface area contributed by atoms with Gasteiger partial charge < -0.3 is 10.6 Å². The summed E-state index contributed by atoms with van der Waals surface area (Å²) in [6, 6.07) is 8.22. The van der Waals surface area contributed by atoms with Gasteiger partial charge >= 0.3 is 0 Å². The molecule has 0 aromatic heterocycles. The smallest absolute Gasteiger partial charge is 0.241 e. The average molecular weight is 288 g/mol. The highest BCUT2D eigenvalue weighted by atomic mass is 16.2. The largest absolute Gasteiger partial charge is 0.325 e. The second-order valence-electron chi connectivity index (χ2n) is 6.86. The maximum atomic E-state index is 12.3. The van der Waals surface area contributed by atoms with Crippen LogP contribution in [0.4, 0.5) is 5.69 Å². The molecule has 3 nitrogen and oxygen atoms in total. The number of hydrogen-bond donors (Lipinski definition) is 2. The third kappa shape index (κ3) is 4.85. The van der Waals surface area contributed by atoms with E-state index in [4.69, 9.17) is 0 Å². The first-order valence-corrected chi connectivity index (χ1v) is 8.07. The van der Waals surface area contributed by atoms with E-state index in [2.05, 4.69) is 24.5 Å². The molecule has 0 aliphatic heterocycles. The first-order valence-electron chi connectivity index (χ1n) is 8.07. The lowest BCUT2D eigenvalue weighted by molar-refractivity contribution is -0.118. The maximum absolute atomic E-state index is 12.3. The van der Waals surface area contributed by atoms with Gasteiger partial charge in [-0.25, -0.2) is 0 Å². The molecular formula is C18H28N2O. The first-order chi connectivity index (χ1) is 9.94. The van der Waals surface area contributed by atoms with E-state index < -0.39 is 0 Å². The zero-order valence-electron chi connectivity index (χ0n) is 13.6. The molecule has 0 heterocycles. The van der Waals surface area contributed by atoms with Gasteiger partial charge in [-0.2, -0.15) is 0 Å². The standard InChI is InChI=1S/C18H28N2O/c1-12-5-7-16(8-6-12)20-18(21)15(4)19-17-10-13(2)9-14(3)11-17/h5-8,13-15,17,19H,9-11H2,1-4H3,(H,20,21). The Hall–Kier alpha value is -1.35. The molecule has 2 N–H and O–H groups in total. The molecule has 0 radical (unpaired) electrons. The van der Waals surface area contributed by atoms with E-state index in [9.17, 15) is 4.79 Å². The van der Waals surface area contributed by atoms with Crippen molar-refractivity contribution in [2.24, 2.45) is 11.8 Å². The molecule has 3 atom stereocenters. The zero-order chi connectivity index (χ0) is 15.4. The first kappa shape index (κ1) is 16.0. The number of carbonyl (C=O) groups is 1. The molecule has 0 bridgehead atoms. The van der Waals surface area contributed by atoms with Crippen LogP contribution >= 0.6 is 0 Å². The number of hydrogen-bond acceptors (Lipinski definition) is 2. The Morgan fingerprint density at radius 3 is 2.24 bits per heavy atom. The fraction of sp³-hybridized carbons (Fsp3) is 0.611. The van der Waals surface area contributed by atoms with Crippen molar-refractivity contribution in [2.75, 3.05) is 5.32 Å². The molecule has 1 fully saturated rings. The van der Waals surface area contributed by atoms with Crippen LogP contribution in [0.1, 0.15) is 45.6 Å². The molecular weight excluding hydrogens is 260 g/mol. The topological polar surface area (TPSA) is 41.1 Å². The lowest BCUT2D eigenvalue weighted by atomic mass is 9.80. The van der Waals surface area contributed by atoms with Gasteiger partial charge in [-0.3, -0.25) is 4.79 Å². The van der Waals surface area contributed by atoms with Gasteiger partial charge in [0.25, 0.3) is 0 Å². The van der Waals surface area contributed by atoms with Crippen molar-refractivity contribution >= 4 is 11.6 Å². The summed E-state index contributed by atoms with van der Waals surface area (Å²) in [4.78, 5) is 12.3. The van der Waals surface area contributed by atoms with Crippen LogP contribution in [0.2, 0.25) is 0 Å². The SMILES string of the molecule is Cc1ccc(NC(=O)C(C)NC2CC(C)CC(C)C2)cc1. The third-order valence-corrected chi connectivity index (χ3v) is 4.38. The van der Waals surface area contributed by atoms with E-state index in [1.165, 1.54) is 24.8 Å². The van der Waals surface area contributed by atoms with E-state index in [1.54, 1.807) is 0 Å². The quantitative estimate of drug-likeness (QED) is 0.886. The van der Waals surface area contributed by atoms with E-state index >= 15 is 0 Å². The highest BCUT2D eigenvalue weighted by molar-refractivity contribution is 5.94. The average Bonchev–Trinajstić information content (AvgIpc) is 2.40. The summed E-state index contributed by atoms with van der Waals surface area (Å²) in [5.74, 6) is 1.54. The number of benzene rings is 1. The van der Waals surface area contributed by atoms with Gasteiger partial charge in [-0.15, -0.1) is 0 Å². The highest BCUT2D eigenvalue weighted by Crippen LogP contribution is 2.28. The van der Waals surface area contributed by atoms with Crippen molar-refractivity contribution in [3.63, 3.8) is 0 Å². The van der Waals surface area contributed by atoms with Gasteiger partial charge in [0, 0.05) is 11.7 Å².